The number of carbonyl (C=O) groups excluding carboxylic acids is 2. The highest BCUT2D eigenvalue weighted by Crippen LogP contribution is 2.31. The predicted molar refractivity (Wildman–Crippen MR) is 136 cm³/mol. The molecule has 0 unspecified atom stereocenters. The lowest BCUT2D eigenvalue weighted by molar-refractivity contribution is 0.0207. The van der Waals surface area contributed by atoms with Gasteiger partial charge in [0.05, 0.1) is 29.9 Å². The summed E-state index contributed by atoms with van der Waals surface area (Å²) in [4.78, 5) is 34.2. The number of nitriles is 1. The van der Waals surface area contributed by atoms with E-state index in [2.05, 4.69) is 41.8 Å². The van der Waals surface area contributed by atoms with E-state index < -0.39 is 17.6 Å². The molecule has 39 heavy (non-hydrogen) atoms. The predicted octanol–water partition coefficient (Wildman–Crippen LogP) is 2.00. The van der Waals surface area contributed by atoms with Crippen molar-refractivity contribution in [3.05, 3.63) is 36.1 Å². The van der Waals surface area contributed by atoms with Crippen molar-refractivity contribution < 1.29 is 18.7 Å². The molecule has 0 aliphatic carbocycles. The molecule has 5 heterocycles. The molecular weight excluding hydrogens is 504 g/mol. The number of nitrogens with one attached hydrogen (secondary N) is 1. The Bertz CT molecular complexity index is 1370. The van der Waals surface area contributed by atoms with Gasteiger partial charge in [0.15, 0.2) is 0 Å². The maximum Gasteiger partial charge on any atom is 0.410 e. The summed E-state index contributed by atoms with van der Waals surface area (Å²) in [5.74, 6) is -0.0286. The van der Waals surface area contributed by atoms with E-state index in [0.29, 0.717) is 29.9 Å². The van der Waals surface area contributed by atoms with Crippen molar-refractivity contribution in [2.75, 3.05) is 24.5 Å². The molecule has 1 N–H and O–H groups in total. The number of rotatable bonds is 6. The summed E-state index contributed by atoms with van der Waals surface area (Å²) in [5.41, 5.74) is 0.193. The van der Waals surface area contributed by atoms with Crippen LogP contribution in [0.4, 0.5) is 10.6 Å². The van der Waals surface area contributed by atoms with Crippen molar-refractivity contribution >= 4 is 17.8 Å². The molecule has 3 aromatic rings. The van der Waals surface area contributed by atoms with Crippen LogP contribution in [0.25, 0.3) is 11.5 Å². The average molecular weight is 535 g/mol. The monoisotopic (exact) mass is 534 g/mol. The van der Waals surface area contributed by atoms with Crippen LogP contribution in [0.3, 0.4) is 0 Å². The van der Waals surface area contributed by atoms with Crippen molar-refractivity contribution in [1.82, 2.24) is 40.4 Å². The van der Waals surface area contributed by atoms with Gasteiger partial charge in [0.1, 0.15) is 17.5 Å². The minimum atomic E-state index is -0.665. The Kier molecular flexibility index (Phi) is 7.14. The fourth-order valence-electron chi connectivity index (χ4n) is 4.81. The van der Waals surface area contributed by atoms with Gasteiger partial charge in [-0.1, -0.05) is 5.21 Å². The highest BCUT2D eigenvalue weighted by molar-refractivity contribution is 5.90. The standard InChI is InChI=1S/C25H30N10O4/c1-25(2,3)39-24(37)35-14-17(11-18(35)15-34-9-6-28-32-34)29-21(36)23-31-30-22(38-23)19-10-16(12-26)13-27-20(19)33-7-4-5-8-33/h6,9-10,13,17-18H,4-5,7-8,11,14-15H2,1-3H3,(H,29,36)/t17-,18+/m1/s1. The molecule has 2 saturated heterocycles. The first-order valence-corrected chi connectivity index (χ1v) is 12.8. The second-order valence-corrected chi connectivity index (χ2v) is 10.6. The quantitative estimate of drug-likeness (QED) is 0.491. The zero-order valence-electron chi connectivity index (χ0n) is 22.1. The van der Waals surface area contributed by atoms with Gasteiger partial charge in [0, 0.05) is 38.1 Å². The molecule has 204 valence electrons. The van der Waals surface area contributed by atoms with Gasteiger partial charge in [-0.05, 0) is 46.1 Å². The summed E-state index contributed by atoms with van der Waals surface area (Å²) in [7, 11) is 0. The summed E-state index contributed by atoms with van der Waals surface area (Å²) in [5, 5.41) is 28.1. The van der Waals surface area contributed by atoms with E-state index in [0.717, 1.165) is 25.9 Å². The van der Waals surface area contributed by atoms with Crippen molar-refractivity contribution in [2.24, 2.45) is 0 Å². The highest BCUT2D eigenvalue weighted by atomic mass is 16.6. The van der Waals surface area contributed by atoms with Gasteiger partial charge < -0.3 is 24.3 Å². The first-order valence-electron chi connectivity index (χ1n) is 12.8. The molecular formula is C25H30N10O4. The molecule has 0 spiro atoms. The van der Waals surface area contributed by atoms with Gasteiger partial charge in [0.2, 0.25) is 0 Å². The zero-order chi connectivity index (χ0) is 27.6. The van der Waals surface area contributed by atoms with Crippen LogP contribution in [-0.2, 0) is 11.3 Å². The first kappa shape index (κ1) is 26.1. The Labute approximate surface area is 224 Å². The second kappa shape index (κ2) is 10.7. The molecule has 0 saturated carbocycles. The number of hydrogen-bond acceptors (Lipinski definition) is 11. The summed E-state index contributed by atoms with van der Waals surface area (Å²) in [6, 6.07) is 3.07. The molecule has 5 rings (SSSR count). The van der Waals surface area contributed by atoms with Crippen molar-refractivity contribution in [1.29, 1.82) is 5.26 Å². The summed E-state index contributed by atoms with van der Waals surface area (Å²) < 4.78 is 13.0. The Hall–Kier alpha value is -4.54. The van der Waals surface area contributed by atoms with Crippen LogP contribution in [0.2, 0.25) is 0 Å². The van der Waals surface area contributed by atoms with Gasteiger partial charge in [-0.2, -0.15) is 5.26 Å². The molecule has 2 aliphatic rings. The molecule has 2 amide bonds. The number of ether oxygens (including phenoxy) is 1. The largest absolute Gasteiger partial charge is 0.444 e. The number of hydrogen-bond donors (Lipinski definition) is 1. The Morgan fingerprint density at radius 2 is 2.05 bits per heavy atom. The number of nitrogens with zero attached hydrogens (tertiary/aromatic N) is 9. The van der Waals surface area contributed by atoms with Crippen LogP contribution >= 0.6 is 0 Å². The molecule has 2 atom stereocenters. The topological polar surface area (TPSA) is 168 Å². The normalized spacial score (nSPS) is 19.2. The van der Waals surface area contributed by atoms with E-state index in [1.54, 1.807) is 48.8 Å². The van der Waals surface area contributed by atoms with E-state index in [1.807, 2.05) is 0 Å². The van der Waals surface area contributed by atoms with Gasteiger partial charge in [0.25, 0.3) is 5.89 Å². The molecule has 14 nitrogen and oxygen atoms in total. The maximum absolute atomic E-state index is 13.1. The third kappa shape index (κ3) is 5.97. The summed E-state index contributed by atoms with van der Waals surface area (Å²) in [6.45, 7) is 7.72. The van der Waals surface area contributed by atoms with Crippen LogP contribution in [-0.4, -0.2) is 84.4 Å². The molecule has 0 aromatic carbocycles. The molecule has 14 heteroatoms. The average Bonchev–Trinajstić information content (AvgIpc) is 3.71. The van der Waals surface area contributed by atoms with E-state index >= 15 is 0 Å². The molecule has 2 aliphatic heterocycles. The first-order chi connectivity index (χ1) is 18.7. The maximum atomic E-state index is 13.1. The minimum absolute atomic E-state index is 0.109. The Balaban J connectivity index is 1.31. The number of aromatic nitrogens is 6. The van der Waals surface area contributed by atoms with Crippen LogP contribution in [0.1, 0.15) is 56.3 Å². The van der Waals surface area contributed by atoms with E-state index in [1.165, 1.54) is 6.20 Å². The van der Waals surface area contributed by atoms with Gasteiger partial charge >= 0.3 is 17.9 Å². The van der Waals surface area contributed by atoms with E-state index in [9.17, 15) is 14.9 Å². The minimum Gasteiger partial charge on any atom is -0.444 e. The third-order valence-electron chi connectivity index (χ3n) is 6.50. The smallest absolute Gasteiger partial charge is 0.410 e. The van der Waals surface area contributed by atoms with E-state index in [4.69, 9.17) is 9.15 Å². The van der Waals surface area contributed by atoms with Crippen LogP contribution in [0, 0.1) is 11.3 Å². The van der Waals surface area contributed by atoms with Crippen molar-refractivity contribution in [3.8, 4) is 17.5 Å². The fourth-order valence-corrected chi connectivity index (χ4v) is 4.81. The van der Waals surface area contributed by atoms with Crippen LogP contribution < -0.4 is 10.2 Å². The second-order valence-electron chi connectivity index (χ2n) is 10.6. The van der Waals surface area contributed by atoms with Gasteiger partial charge in [-0.15, -0.1) is 15.3 Å². The van der Waals surface area contributed by atoms with Crippen LogP contribution in [0.15, 0.2) is 29.1 Å². The summed E-state index contributed by atoms with van der Waals surface area (Å²) >= 11 is 0. The van der Waals surface area contributed by atoms with Gasteiger partial charge in [-0.25, -0.2) is 9.78 Å². The fraction of sp³-hybridized carbons (Fsp3) is 0.520. The number of pyridine rings is 1. The lowest BCUT2D eigenvalue weighted by atomic mass is 10.1. The van der Waals surface area contributed by atoms with E-state index in [-0.39, 0.29) is 30.4 Å². The van der Waals surface area contributed by atoms with Crippen molar-refractivity contribution in [3.63, 3.8) is 0 Å². The highest BCUT2D eigenvalue weighted by Gasteiger charge is 2.39. The number of likely N-dealkylation sites (tertiary alicyclic amines) is 1. The van der Waals surface area contributed by atoms with Crippen LogP contribution in [0.5, 0.6) is 0 Å². The number of carbonyl (C=O) groups is 2. The van der Waals surface area contributed by atoms with Gasteiger partial charge in [-0.3, -0.25) is 9.48 Å². The van der Waals surface area contributed by atoms with Crippen molar-refractivity contribution in [2.45, 2.75) is 64.3 Å². The molecule has 2 fully saturated rings. The number of anilines is 1. The molecule has 0 radical (unpaired) electrons. The lowest BCUT2D eigenvalue weighted by Crippen LogP contribution is -2.43. The molecule has 0 bridgehead atoms. The third-order valence-corrected chi connectivity index (χ3v) is 6.50. The zero-order valence-corrected chi connectivity index (χ0v) is 22.1. The SMILES string of the molecule is CC(C)(C)OC(=O)N1C[C@H](NC(=O)c2nnc(-c3cc(C#N)cnc3N3CCCC3)o2)C[C@H]1Cn1ccnn1. The Morgan fingerprint density at radius 3 is 2.74 bits per heavy atom. The molecule has 3 aromatic heterocycles. The number of amides is 2. The lowest BCUT2D eigenvalue weighted by Gasteiger charge is -2.28. The summed E-state index contributed by atoms with van der Waals surface area (Å²) in [6.07, 6.45) is 6.87. The Morgan fingerprint density at radius 1 is 1.26 bits per heavy atom.